The Morgan fingerprint density at radius 1 is 1.04 bits per heavy atom. The van der Waals surface area contributed by atoms with E-state index in [1.807, 2.05) is 37.3 Å². The molecule has 0 aliphatic carbocycles. The molecule has 3 aromatic rings. The van der Waals surface area contributed by atoms with E-state index in [1.165, 1.54) is 16.3 Å². The summed E-state index contributed by atoms with van der Waals surface area (Å²) < 4.78 is 0. The predicted octanol–water partition coefficient (Wildman–Crippen LogP) is 3.94. The van der Waals surface area contributed by atoms with E-state index in [2.05, 4.69) is 45.6 Å². The minimum Gasteiger partial charge on any atom is -0.271 e. The van der Waals surface area contributed by atoms with Crippen molar-refractivity contribution in [2.24, 2.45) is 5.10 Å². The van der Waals surface area contributed by atoms with Gasteiger partial charge in [0.05, 0.1) is 5.71 Å². The third kappa shape index (κ3) is 3.92. The fourth-order valence-corrected chi connectivity index (χ4v) is 3.58. The molecule has 0 aromatic heterocycles. The van der Waals surface area contributed by atoms with Crippen LogP contribution in [-0.4, -0.2) is 17.7 Å². The van der Waals surface area contributed by atoms with Crippen molar-refractivity contribution in [3.63, 3.8) is 0 Å². The minimum absolute atomic E-state index is 0.0585. The van der Waals surface area contributed by atoms with Crippen molar-refractivity contribution in [3.05, 3.63) is 82.9 Å². The van der Waals surface area contributed by atoms with E-state index < -0.39 is 0 Å². The largest absolute Gasteiger partial charge is 0.271 e. The molecular weight excluding hydrogens is 372 g/mol. The molecule has 0 spiro atoms. The van der Waals surface area contributed by atoms with Crippen LogP contribution in [0.1, 0.15) is 30.5 Å². The van der Waals surface area contributed by atoms with Crippen molar-refractivity contribution >= 4 is 34.0 Å². The number of nitrogens with one attached hydrogen (secondary N) is 3. The summed E-state index contributed by atoms with van der Waals surface area (Å²) in [5, 5.41) is 7.28. The highest BCUT2D eigenvalue weighted by Gasteiger charge is 2.30. The highest BCUT2D eigenvalue weighted by Crippen LogP contribution is 2.29. The van der Waals surface area contributed by atoms with Gasteiger partial charge in [0, 0.05) is 11.1 Å². The molecular formula is C22H21ClN4O. The van der Waals surface area contributed by atoms with Crippen molar-refractivity contribution in [1.29, 1.82) is 0 Å². The lowest BCUT2D eigenvalue weighted by Crippen LogP contribution is -2.41. The first kappa shape index (κ1) is 18.6. The summed E-state index contributed by atoms with van der Waals surface area (Å²) in [5.74, 6) is -0.163. The van der Waals surface area contributed by atoms with Crippen molar-refractivity contribution < 1.29 is 4.79 Å². The number of halogens is 1. The van der Waals surface area contributed by atoms with E-state index in [1.54, 1.807) is 12.1 Å². The highest BCUT2D eigenvalue weighted by molar-refractivity contribution is 6.30. The molecule has 3 aromatic carbocycles. The molecule has 1 aliphatic rings. The van der Waals surface area contributed by atoms with Crippen LogP contribution in [0.3, 0.4) is 0 Å². The Hall–Kier alpha value is -2.73. The number of carbonyl (C=O) groups is 1. The number of benzene rings is 3. The van der Waals surface area contributed by atoms with Crippen LogP contribution in [0.5, 0.6) is 0 Å². The van der Waals surface area contributed by atoms with Gasteiger partial charge in [-0.15, -0.1) is 0 Å². The molecule has 3 N–H and O–H groups in total. The first-order chi connectivity index (χ1) is 13.6. The number of fused-ring (bicyclic) bond motifs is 1. The molecule has 4 rings (SSSR count). The summed E-state index contributed by atoms with van der Waals surface area (Å²) in [6.07, 6.45) is 0.648. The van der Waals surface area contributed by atoms with Gasteiger partial charge in [0.2, 0.25) is 0 Å². The first-order valence-corrected chi connectivity index (χ1v) is 9.58. The number of hydrazine groups is 1. The van der Waals surface area contributed by atoms with Crippen LogP contribution in [0.25, 0.3) is 10.8 Å². The van der Waals surface area contributed by atoms with Gasteiger partial charge in [-0.1, -0.05) is 66.2 Å². The molecule has 142 valence electrons. The van der Waals surface area contributed by atoms with E-state index in [0.29, 0.717) is 11.4 Å². The van der Waals surface area contributed by atoms with Crippen molar-refractivity contribution in [1.82, 2.24) is 16.3 Å². The number of carbonyl (C=O) groups excluding carboxylic acids is 1. The Bertz CT molecular complexity index is 1030. The summed E-state index contributed by atoms with van der Waals surface area (Å²) in [4.78, 5) is 12.5. The van der Waals surface area contributed by atoms with Gasteiger partial charge in [0.15, 0.2) is 0 Å². The maximum Gasteiger partial charge on any atom is 0.258 e. The topological polar surface area (TPSA) is 65.5 Å². The number of rotatable bonds is 4. The Balaban J connectivity index is 1.43. The SMILES string of the molecule is C/C(=N\NC(=O)C1CC(c2cccc3ccccc23)NN1)c1ccc(Cl)cc1. The molecule has 28 heavy (non-hydrogen) atoms. The van der Waals surface area contributed by atoms with Gasteiger partial charge in [-0.3, -0.25) is 4.79 Å². The van der Waals surface area contributed by atoms with Crippen molar-refractivity contribution in [2.75, 3.05) is 0 Å². The Morgan fingerprint density at radius 3 is 2.61 bits per heavy atom. The molecule has 2 atom stereocenters. The van der Waals surface area contributed by atoms with Crippen LogP contribution < -0.4 is 16.3 Å². The molecule has 0 saturated carbocycles. The first-order valence-electron chi connectivity index (χ1n) is 9.20. The van der Waals surface area contributed by atoms with Crippen molar-refractivity contribution in [3.8, 4) is 0 Å². The zero-order valence-electron chi connectivity index (χ0n) is 15.4. The second-order valence-corrected chi connectivity index (χ2v) is 7.31. The van der Waals surface area contributed by atoms with Crippen LogP contribution in [0.15, 0.2) is 71.8 Å². The zero-order valence-corrected chi connectivity index (χ0v) is 16.2. The molecule has 0 radical (unpaired) electrons. The van der Waals surface area contributed by atoms with Gasteiger partial charge in [-0.2, -0.15) is 5.10 Å². The predicted molar refractivity (Wildman–Crippen MR) is 113 cm³/mol. The number of nitrogens with zero attached hydrogens (tertiary/aromatic N) is 1. The van der Waals surface area contributed by atoms with Crippen LogP contribution in [-0.2, 0) is 4.79 Å². The summed E-state index contributed by atoms with van der Waals surface area (Å²) >= 11 is 5.91. The smallest absolute Gasteiger partial charge is 0.258 e. The maximum absolute atomic E-state index is 12.5. The van der Waals surface area contributed by atoms with Gasteiger partial charge in [-0.05, 0) is 47.4 Å². The molecule has 1 aliphatic heterocycles. The third-order valence-electron chi connectivity index (χ3n) is 5.01. The molecule has 1 fully saturated rings. The number of amides is 1. The fraction of sp³-hybridized carbons (Fsp3) is 0.182. The fourth-order valence-electron chi connectivity index (χ4n) is 3.46. The lowest BCUT2D eigenvalue weighted by Gasteiger charge is -2.13. The molecule has 1 amide bonds. The van der Waals surface area contributed by atoms with E-state index in [0.717, 1.165) is 11.3 Å². The molecule has 0 bridgehead atoms. The monoisotopic (exact) mass is 392 g/mol. The summed E-state index contributed by atoms with van der Waals surface area (Å²) in [6.45, 7) is 1.85. The Labute approximate surface area is 168 Å². The second kappa shape index (κ2) is 8.10. The van der Waals surface area contributed by atoms with Crippen molar-refractivity contribution in [2.45, 2.75) is 25.4 Å². The van der Waals surface area contributed by atoms with E-state index >= 15 is 0 Å². The highest BCUT2D eigenvalue weighted by atomic mass is 35.5. The van der Waals surface area contributed by atoms with Gasteiger partial charge in [0.1, 0.15) is 6.04 Å². The standard InChI is InChI=1S/C22H21ClN4O/c1-14(15-9-11-17(23)12-10-15)24-27-22(28)21-13-20(25-26-21)19-8-4-6-16-5-2-3-7-18(16)19/h2-12,20-21,25-26H,13H2,1H3,(H,27,28)/b24-14+. The lowest BCUT2D eigenvalue weighted by atomic mass is 9.96. The maximum atomic E-state index is 12.5. The summed E-state index contributed by atoms with van der Waals surface area (Å²) in [7, 11) is 0. The molecule has 5 nitrogen and oxygen atoms in total. The summed E-state index contributed by atoms with van der Waals surface area (Å²) in [5.41, 5.74) is 11.8. The minimum atomic E-state index is -0.356. The summed E-state index contributed by atoms with van der Waals surface area (Å²) in [6, 6.07) is 21.6. The van der Waals surface area contributed by atoms with Crippen LogP contribution in [0, 0.1) is 0 Å². The van der Waals surface area contributed by atoms with E-state index in [9.17, 15) is 4.79 Å². The van der Waals surface area contributed by atoms with Gasteiger partial charge in [-0.25, -0.2) is 16.3 Å². The Morgan fingerprint density at radius 2 is 1.79 bits per heavy atom. The van der Waals surface area contributed by atoms with Crippen LogP contribution in [0.2, 0.25) is 5.02 Å². The van der Waals surface area contributed by atoms with Gasteiger partial charge >= 0.3 is 0 Å². The van der Waals surface area contributed by atoms with Crippen LogP contribution >= 0.6 is 11.6 Å². The van der Waals surface area contributed by atoms with E-state index in [-0.39, 0.29) is 18.0 Å². The van der Waals surface area contributed by atoms with Crippen LogP contribution in [0.4, 0.5) is 0 Å². The van der Waals surface area contributed by atoms with Gasteiger partial charge < -0.3 is 0 Å². The van der Waals surface area contributed by atoms with Gasteiger partial charge in [0.25, 0.3) is 5.91 Å². The lowest BCUT2D eigenvalue weighted by molar-refractivity contribution is -0.122. The zero-order chi connectivity index (χ0) is 19.5. The second-order valence-electron chi connectivity index (χ2n) is 6.88. The normalized spacial score (nSPS) is 19.7. The number of hydrazone groups is 1. The average molecular weight is 393 g/mol. The molecule has 2 unspecified atom stereocenters. The average Bonchev–Trinajstić information content (AvgIpc) is 3.22. The quantitative estimate of drug-likeness (QED) is 0.465. The number of hydrogen-bond acceptors (Lipinski definition) is 4. The molecule has 6 heteroatoms. The molecule has 1 saturated heterocycles. The molecule has 1 heterocycles. The van der Waals surface area contributed by atoms with E-state index in [4.69, 9.17) is 11.6 Å². The Kier molecular flexibility index (Phi) is 5.39. The number of hydrogen-bond donors (Lipinski definition) is 3. The third-order valence-corrected chi connectivity index (χ3v) is 5.27.